The SMILES string of the molecule is C=CC(=O)N1CCN(c2nc(OCN3CCCC3C)nc3c2CN(C2Cc4cccc5cc(O)cc2c45)C3(C)C)C[C@@H]1CC#N. The third kappa shape index (κ3) is 4.99. The van der Waals surface area contributed by atoms with E-state index in [1.54, 1.807) is 4.90 Å². The van der Waals surface area contributed by atoms with Crippen LogP contribution >= 0.6 is 0 Å². The molecule has 2 saturated heterocycles. The standard InChI is InChI=1S/C35H41N7O3/c1-5-30(44)41-15-14-39(19-25(41)11-12-36)33-28-20-42(29-17-24-10-6-9-23-16-26(43)18-27(29)31(23)24)35(3,4)32(28)37-34(38-33)45-21-40-13-7-8-22(40)2/h5-6,9-10,16,18,22,25,29,43H,1,7-8,11,13-15,17,19-21H2,2-4H3/t22?,25-,29?/m0/s1. The van der Waals surface area contributed by atoms with Gasteiger partial charge in [0.2, 0.25) is 5.91 Å². The van der Waals surface area contributed by atoms with Crippen LogP contribution in [0, 0.1) is 11.3 Å². The van der Waals surface area contributed by atoms with E-state index in [0.29, 0.717) is 45.0 Å². The molecule has 0 saturated carbocycles. The second-order valence-corrected chi connectivity index (χ2v) is 13.4. The fraction of sp³-hybridized carbons (Fsp3) is 0.486. The van der Waals surface area contributed by atoms with Crippen LogP contribution in [0.1, 0.15) is 68.5 Å². The number of amides is 1. The van der Waals surface area contributed by atoms with E-state index in [1.165, 1.54) is 17.0 Å². The predicted octanol–water partition coefficient (Wildman–Crippen LogP) is 4.62. The van der Waals surface area contributed by atoms with Gasteiger partial charge < -0.3 is 19.6 Å². The summed E-state index contributed by atoms with van der Waals surface area (Å²) in [6.07, 6.45) is 4.71. The number of carbonyl (C=O) groups excluding carboxylic acids is 1. The highest BCUT2D eigenvalue weighted by molar-refractivity contribution is 5.92. The van der Waals surface area contributed by atoms with E-state index in [2.05, 4.69) is 66.3 Å². The van der Waals surface area contributed by atoms with Crippen LogP contribution < -0.4 is 9.64 Å². The highest BCUT2D eigenvalue weighted by Crippen LogP contribution is 2.51. The van der Waals surface area contributed by atoms with Gasteiger partial charge in [0.25, 0.3) is 0 Å². The molecule has 4 heterocycles. The Labute approximate surface area is 264 Å². The van der Waals surface area contributed by atoms with Gasteiger partial charge in [-0.1, -0.05) is 24.8 Å². The number of hydrogen-bond donors (Lipinski definition) is 1. The number of fused-ring (bicyclic) bond motifs is 1. The van der Waals surface area contributed by atoms with Crippen LogP contribution in [0.2, 0.25) is 0 Å². The van der Waals surface area contributed by atoms with Crippen molar-refractivity contribution >= 4 is 22.5 Å². The molecule has 0 bridgehead atoms. The fourth-order valence-corrected chi connectivity index (χ4v) is 8.05. The lowest BCUT2D eigenvalue weighted by Crippen LogP contribution is -2.55. The molecule has 45 heavy (non-hydrogen) atoms. The van der Waals surface area contributed by atoms with Crippen molar-refractivity contribution in [2.45, 2.75) is 76.7 Å². The normalized spacial score (nSPS) is 24.2. The molecule has 1 N–H and O–H groups in total. The lowest BCUT2D eigenvalue weighted by atomic mass is 9.96. The molecule has 2 fully saturated rings. The lowest BCUT2D eigenvalue weighted by molar-refractivity contribution is -0.128. The Morgan fingerprint density at radius 3 is 2.84 bits per heavy atom. The van der Waals surface area contributed by atoms with Gasteiger partial charge in [0, 0.05) is 50.4 Å². The molecule has 1 amide bonds. The van der Waals surface area contributed by atoms with Crippen LogP contribution in [0.15, 0.2) is 43.0 Å². The Kier molecular flexibility index (Phi) is 7.41. The summed E-state index contributed by atoms with van der Waals surface area (Å²) < 4.78 is 6.33. The molecule has 0 radical (unpaired) electrons. The Morgan fingerprint density at radius 1 is 1.24 bits per heavy atom. The Bertz CT molecular complexity index is 1720. The van der Waals surface area contributed by atoms with E-state index in [9.17, 15) is 15.2 Å². The molecule has 2 unspecified atom stereocenters. The van der Waals surface area contributed by atoms with Crippen molar-refractivity contribution in [2.75, 3.05) is 37.8 Å². The Hall–Kier alpha value is -4.20. The number of anilines is 1. The van der Waals surface area contributed by atoms with Gasteiger partial charge in [0.15, 0.2) is 0 Å². The Morgan fingerprint density at radius 2 is 2.09 bits per heavy atom. The summed E-state index contributed by atoms with van der Waals surface area (Å²) in [5, 5.41) is 22.6. The number of ether oxygens (including phenoxy) is 1. The van der Waals surface area contributed by atoms with Gasteiger partial charge in [-0.2, -0.15) is 15.2 Å². The van der Waals surface area contributed by atoms with E-state index in [0.717, 1.165) is 53.8 Å². The summed E-state index contributed by atoms with van der Waals surface area (Å²) >= 11 is 0. The molecule has 10 heteroatoms. The van der Waals surface area contributed by atoms with E-state index in [4.69, 9.17) is 14.7 Å². The van der Waals surface area contributed by atoms with Gasteiger partial charge in [-0.05, 0) is 80.1 Å². The van der Waals surface area contributed by atoms with Crippen molar-refractivity contribution in [3.8, 4) is 17.8 Å². The van der Waals surface area contributed by atoms with Crippen molar-refractivity contribution in [3.05, 3.63) is 65.4 Å². The quantitative estimate of drug-likeness (QED) is 0.385. The van der Waals surface area contributed by atoms with Gasteiger partial charge in [0.1, 0.15) is 18.3 Å². The second kappa shape index (κ2) is 11.3. The molecule has 1 aliphatic carbocycles. The van der Waals surface area contributed by atoms with Crippen LogP contribution in [0.4, 0.5) is 5.82 Å². The van der Waals surface area contributed by atoms with E-state index < -0.39 is 5.54 Å². The maximum Gasteiger partial charge on any atom is 0.320 e. The molecule has 1 aromatic heterocycles. The molecule has 10 nitrogen and oxygen atoms in total. The number of phenols is 1. The molecular formula is C35H41N7O3. The van der Waals surface area contributed by atoms with Crippen LogP contribution in [0.5, 0.6) is 11.8 Å². The maximum absolute atomic E-state index is 12.6. The second-order valence-electron chi connectivity index (χ2n) is 13.4. The number of piperazine rings is 1. The molecule has 0 spiro atoms. The monoisotopic (exact) mass is 607 g/mol. The van der Waals surface area contributed by atoms with E-state index in [1.807, 2.05) is 12.1 Å². The number of aromatic hydroxyl groups is 1. The number of likely N-dealkylation sites (tertiary alicyclic amines) is 1. The first-order chi connectivity index (χ1) is 21.7. The largest absolute Gasteiger partial charge is 0.508 e. The van der Waals surface area contributed by atoms with Crippen molar-refractivity contribution in [1.29, 1.82) is 5.26 Å². The average Bonchev–Trinajstić information content (AvgIpc) is 3.69. The van der Waals surface area contributed by atoms with Gasteiger partial charge in [-0.15, -0.1) is 0 Å². The number of nitrogens with zero attached hydrogens (tertiary/aromatic N) is 7. The van der Waals surface area contributed by atoms with Gasteiger partial charge >= 0.3 is 6.01 Å². The highest BCUT2D eigenvalue weighted by atomic mass is 16.5. The molecule has 2 aromatic carbocycles. The number of benzene rings is 2. The third-order valence-corrected chi connectivity index (χ3v) is 10.4. The summed E-state index contributed by atoms with van der Waals surface area (Å²) in [5.41, 5.74) is 3.96. The van der Waals surface area contributed by atoms with E-state index in [-0.39, 0.29) is 30.2 Å². The molecule has 4 aliphatic rings. The van der Waals surface area contributed by atoms with Gasteiger partial charge in [-0.25, -0.2) is 0 Å². The topological polar surface area (TPSA) is 109 Å². The minimum Gasteiger partial charge on any atom is -0.508 e. The zero-order valence-corrected chi connectivity index (χ0v) is 26.4. The van der Waals surface area contributed by atoms with Crippen molar-refractivity contribution < 1.29 is 14.6 Å². The van der Waals surface area contributed by atoms with Crippen LogP contribution in [-0.4, -0.2) is 80.7 Å². The Balaban J connectivity index is 1.27. The smallest absolute Gasteiger partial charge is 0.320 e. The maximum atomic E-state index is 12.6. The summed E-state index contributed by atoms with van der Waals surface area (Å²) in [5.74, 6) is 0.932. The number of hydrogen-bond acceptors (Lipinski definition) is 9. The number of rotatable bonds is 7. The minimum atomic E-state index is -0.455. The zero-order chi connectivity index (χ0) is 31.5. The van der Waals surface area contributed by atoms with Crippen LogP contribution in [0.3, 0.4) is 0 Å². The number of nitriles is 1. The van der Waals surface area contributed by atoms with Crippen molar-refractivity contribution in [3.63, 3.8) is 0 Å². The first-order valence-corrected chi connectivity index (χ1v) is 16.0. The summed E-state index contributed by atoms with van der Waals surface area (Å²) in [6.45, 7) is 13.9. The fourth-order valence-electron chi connectivity index (χ4n) is 8.05. The van der Waals surface area contributed by atoms with Crippen molar-refractivity contribution in [2.24, 2.45) is 0 Å². The highest BCUT2D eigenvalue weighted by Gasteiger charge is 2.47. The summed E-state index contributed by atoms with van der Waals surface area (Å²) in [7, 11) is 0. The van der Waals surface area contributed by atoms with Gasteiger partial charge in [-0.3, -0.25) is 14.6 Å². The third-order valence-electron chi connectivity index (χ3n) is 10.4. The molecular weight excluding hydrogens is 566 g/mol. The molecule has 7 rings (SSSR count). The molecule has 3 atom stereocenters. The number of aromatic nitrogens is 2. The van der Waals surface area contributed by atoms with Crippen LogP contribution in [-0.2, 0) is 23.3 Å². The number of carbonyl (C=O) groups is 1. The molecule has 3 aromatic rings. The first kappa shape index (κ1) is 29.5. The van der Waals surface area contributed by atoms with Crippen molar-refractivity contribution in [1.82, 2.24) is 24.7 Å². The predicted molar refractivity (Wildman–Crippen MR) is 172 cm³/mol. The summed E-state index contributed by atoms with van der Waals surface area (Å²) in [4.78, 5) is 31.5. The average molecular weight is 608 g/mol. The minimum absolute atomic E-state index is 0.0530. The first-order valence-electron chi connectivity index (χ1n) is 16.0. The molecule has 3 aliphatic heterocycles. The zero-order valence-electron chi connectivity index (χ0n) is 26.4. The van der Waals surface area contributed by atoms with Gasteiger partial charge in [0.05, 0.1) is 29.8 Å². The van der Waals surface area contributed by atoms with Crippen LogP contribution in [0.25, 0.3) is 10.8 Å². The number of phenolic OH excluding ortho intramolecular Hbond substituents is 1. The molecule has 234 valence electrons. The summed E-state index contributed by atoms with van der Waals surface area (Å²) in [6, 6.07) is 12.9. The van der Waals surface area contributed by atoms with E-state index >= 15 is 0 Å². The lowest BCUT2D eigenvalue weighted by Gasteiger charge is -2.41.